The fourth-order valence-electron chi connectivity index (χ4n) is 4.47. The van der Waals surface area contributed by atoms with Crippen molar-refractivity contribution in [2.45, 2.75) is 75.4 Å². The normalized spacial score (nSPS) is 15.1. The van der Waals surface area contributed by atoms with Gasteiger partial charge in [-0.25, -0.2) is 5.57 Å². The number of aryl methyl sites for hydroxylation is 3. The minimum absolute atomic E-state index is 0.210. The van der Waals surface area contributed by atoms with E-state index >= 15 is 0 Å². The minimum Gasteiger partial charge on any atom is -0.146 e. The van der Waals surface area contributed by atoms with Gasteiger partial charge in [-0.2, -0.15) is 11.1 Å². The predicted octanol–water partition coefficient (Wildman–Crippen LogP) is 9.27. The number of allylic oxidation sites excluding steroid dienone is 4. The van der Waals surface area contributed by atoms with E-state index in [9.17, 15) is 0 Å². The zero-order valence-electron chi connectivity index (χ0n) is 22.5. The number of fused-ring (bicyclic) bond motifs is 1. The third-order valence-electron chi connectivity index (χ3n) is 7.04. The van der Waals surface area contributed by atoms with E-state index in [0.29, 0.717) is 5.92 Å². The maximum atomic E-state index is 3.36. The standard InChI is InChI=1S/C20H21.C9H13.C2H6Si.Zr/c1-12-11-18-15(4)13(2)14(3)16(5)20(18)19(12)17-9-7-6-8-10-17;1-6-5-7(2)9(4)8(6)3;1-3-2;/h6-11H,1-5H3;6H,1-4H3;1-2H3;/q2*-1;;+2. The van der Waals surface area contributed by atoms with E-state index in [1.165, 1.54) is 66.4 Å². The van der Waals surface area contributed by atoms with Crippen LogP contribution in [0.15, 0.2) is 53.1 Å². The molecule has 0 nitrogen and oxygen atoms in total. The van der Waals surface area contributed by atoms with Crippen LogP contribution in [0.4, 0.5) is 0 Å². The Morgan fingerprint density at radius 3 is 1.76 bits per heavy atom. The van der Waals surface area contributed by atoms with E-state index in [2.05, 4.69) is 118 Å². The Morgan fingerprint density at radius 1 is 0.818 bits per heavy atom. The summed E-state index contributed by atoms with van der Waals surface area (Å²) in [5.74, 6) is 0.560. The van der Waals surface area contributed by atoms with E-state index in [1.807, 2.05) is 0 Å². The van der Waals surface area contributed by atoms with Gasteiger partial charge in [0.1, 0.15) is 0 Å². The van der Waals surface area contributed by atoms with Gasteiger partial charge in [0, 0.05) is 0 Å². The van der Waals surface area contributed by atoms with Crippen LogP contribution < -0.4 is 0 Å². The largest absolute Gasteiger partial charge is 0.146 e. The number of hydrogen-bond donors (Lipinski definition) is 0. The molecule has 3 aromatic rings. The zero-order valence-corrected chi connectivity index (χ0v) is 26.0. The Bertz CT molecular complexity index is 1220. The predicted molar refractivity (Wildman–Crippen MR) is 146 cm³/mol. The van der Waals surface area contributed by atoms with Crippen molar-refractivity contribution in [3.8, 4) is 11.1 Å². The first-order valence-corrected chi connectivity index (χ1v) is 18.1. The molecule has 1 aliphatic carbocycles. The second kappa shape index (κ2) is 11.9. The molecular formula is C31H40SiZr. The van der Waals surface area contributed by atoms with Gasteiger partial charge in [0.15, 0.2) is 0 Å². The SMILES string of the molecule is CC1=[C-]C(C)C(C)=C1C.C[Si](C)=[Zr+2].Cc1[cH-]c2c(C)c(C)c(C)c(C)c2c1-c1ccccc1. The molecule has 0 bridgehead atoms. The molecule has 1 unspecified atom stereocenters. The van der Waals surface area contributed by atoms with Crippen molar-refractivity contribution in [1.29, 1.82) is 0 Å². The molecule has 172 valence electrons. The summed E-state index contributed by atoms with van der Waals surface area (Å²) in [5, 5.41) is 2.86. The molecule has 33 heavy (non-hydrogen) atoms. The fourth-order valence-corrected chi connectivity index (χ4v) is 4.47. The fraction of sp³-hybridized carbons (Fsp3) is 0.387. The average Bonchev–Trinajstić information content (AvgIpc) is 3.22. The molecule has 2 heteroatoms. The van der Waals surface area contributed by atoms with Crippen molar-refractivity contribution < 1.29 is 23.3 Å². The Hall–Kier alpha value is -1.37. The van der Waals surface area contributed by atoms with Crippen LogP contribution in [0.25, 0.3) is 21.9 Å². The van der Waals surface area contributed by atoms with Crippen molar-refractivity contribution in [3.05, 3.63) is 87.0 Å². The molecule has 0 amide bonds. The van der Waals surface area contributed by atoms with Crippen molar-refractivity contribution >= 4 is 16.2 Å². The topological polar surface area (TPSA) is 0 Å². The molecule has 0 heterocycles. The van der Waals surface area contributed by atoms with Crippen LogP contribution in [0.3, 0.4) is 0 Å². The van der Waals surface area contributed by atoms with Crippen LogP contribution in [0.5, 0.6) is 0 Å². The summed E-state index contributed by atoms with van der Waals surface area (Å²) in [6.45, 7) is 24.5. The summed E-state index contributed by atoms with van der Waals surface area (Å²) < 4.78 is 0. The average molecular weight is 532 g/mol. The first-order chi connectivity index (χ1) is 15.4. The molecule has 0 saturated heterocycles. The summed E-state index contributed by atoms with van der Waals surface area (Å²) in [4.78, 5) is 0. The number of benzene rings is 2. The smallest absolute Gasteiger partial charge is 0.0408 e. The van der Waals surface area contributed by atoms with Crippen molar-refractivity contribution in [3.63, 3.8) is 0 Å². The summed E-state index contributed by atoms with van der Waals surface area (Å²) >= 11 is 1.74. The summed E-state index contributed by atoms with van der Waals surface area (Å²) in [6, 6.07) is 13.1. The second-order valence-corrected chi connectivity index (χ2v) is 19.0. The first kappa shape index (κ1) is 27.9. The number of rotatable bonds is 1. The van der Waals surface area contributed by atoms with E-state index in [1.54, 1.807) is 23.3 Å². The van der Waals surface area contributed by atoms with Crippen LogP contribution in [-0.4, -0.2) is 5.43 Å². The first-order valence-electron chi connectivity index (χ1n) is 11.9. The second-order valence-electron chi connectivity index (χ2n) is 9.66. The van der Waals surface area contributed by atoms with E-state index < -0.39 is 0 Å². The molecule has 0 N–H and O–H groups in total. The molecule has 4 rings (SSSR count). The van der Waals surface area contributed by atoms with Gasteiger partial charge < -0.3 is 0 Å². The quantitative estimate of drug-likeness (QED) is 0.217. The van der Waals surface area contributed by atoms with Gasteiger partial charge in [0.2, 0.25) is 0 Å². The molecule has 0 aliphatic heterocycles. The van der Waals surface area contributed by atoms with Gasteiger partial charge in [0.05, 0.1) is 0 Å². The monoisotopic (exact) mass is 530 g/mol. The van der Waals surface area contributed by atoms with E-state index in [0.717, 1.165) is 0 Å². The van der Waals surface area contributed by atoms with E-state index in [4.69, 9.17) is 0 Å². The minimum atomic E-state index is 0.210. The van der Waals surface area contributed by atoms with Crippen molar-refractivity contribution in [1.82, 2.24) is 0 Å². The van der Waals surface area contributed by atoms with Gasteiger partial charge in [-0.1, -0.05) is 93.1 Å². The van der Waals surface area contributed by atoms with Crippen molar-refractivity contribution in [2.75, 3.05) is 0 Å². The third kappa shape index (κ3) is 6.40. The molecule has 0 aromatic heterocycles. The van der Waals surface area contributed by atoms with Gasteiger partial charge in [-0.15, -0.1) is 40.5 Å². The van der Waals surface area contributed by atoms with Gasteiger partial charge >= 0.3 is 41.9 Å². The summed E-state index contributed by atoms with van der Waals surface area (Å²) in [6.07, 6.45) is 3.36. The third-order valence-corrected chi connectivity index (χ3v) is 7.04. The molecular weight excluding hydrogens is 492 g/mol. The Balaban J connectivity index is 0.000000246. The Morgan fingerprint density at radius 2 is 1.33 bits per heavy atom. The van der Waals surface area contributed by atoms with Crippen LogP contribution in [-0.2, 0) is 23.3 Å². The molecule has 0 saturated carbocycles. The molecule has 0 spiro atoms. The van der Waals surface area contributed by atoms with Crippen molar-refractivity contribution in [2.24, 2.45) is 5.92 Å². The molecule has 3 aromatic carbocycles. The number of hydrogen-bond acceptors (Lipinski definition) is 0. The van der Waals surface area contributed by atoms with Gasteiger partial charge in [-0.3, -0.25) is 6.08 Å². The van der Waals surface area contributed by atoms with Crippen LogP contribution in [0.2, 0.25) is 13.1 Å². The molecule has 1 aliphatic rings. The van der Waals surface area contributed by atoms with Crippen LogP contribution in [0.1, 0.15) is 55.5 Å². The maximum absolute atomic E-state index is 3.36. The van der Waals surface area contributed by atoms with Gasteiger partial charge in [-0.05, 0) is 20.8 Å². The van der Waals surface area contributed by atoms with Gasteiger partial charge in [0.25, 0.3) is 0 Å². The maximum Gasteiger partial charge on any atom is -0.0408 e. The Labute approximate surface area is 217 Å². The summed E-state index contributed by atoms with van der Waals surface area (Å²) in [5.41, 5.74) is 14.3. The van der Waals surface area contributed by atoms with Crippen LogP contribution >= 0.6 is 0 Å². The molecule has 0 fully saturated rings. The Kier molecular flexibility index (Phi) is 10.0. The van der Waals surface area contributed by atoms with Crippen LogP contribution in [0, 0.1) is 46.6 Å². The molecule has 1 atom stereocenters. The van der Waals surface area contributed by atoms with E-state index in [-0.39, 0.29) is 5.43 Å². The zero-order chi connectivity index (χ0) is 25.0. The molecule has 0 radical (unpaired) electrons. The summed E-state index contributed by atoms with van der Waals surface area (Å²) in [7, 11) is 0.